The molecule has 0 aromatic heterocycles. The van der Waals surface area contributed by atoms with Crippen molar-refractivity contribution < 1.29 is 0 Å². The maximum atomic E-state index is 2.47. The van der Waals surface area contributed by atoms with E-state index in [2.05, 4.69) is 301 Å². The number of anilines is 6. The van der Waals surface area contributed by atoms with Crippen molar-refractivity contribution in [2.75, 3.05) is 9.80 Å². The van der Waals surface area contributed by atoms with Crippen molar-refractivity contribution >= 4 is 55.7 Å². The van der Waals surface area contributed by atoms with Crippen molar-refractivity contribution in [1.82, 2.24) is 0 Å². The van der Waals surface area contributed by atoms with Gasteiger partial charge in [-0.3, -0.25) is 0 Å². The fourth-order valence-electron chi connectivity index (χ4n) is 11.3. The molecular formula is C69H48N2. The van der Waals surface area contributed by atoms with Crippen LogP contribution < -0.4 is 9.80 Å². The van der Waals surface area contributed by atoms with Crippen LogP contribution in [0.15, 0.2) is 291 Å². The van der Waals surface area contributed by atoms with Crippen LogP contribution in [-0.2, 0) is 5.41 Å². The van der Waals surface area contributed by atoms with E-state index < -0.39 is 5.41 Å². The molecule has 13 rings (SSSR count). The second-order valence-corrected chi connectivity index (χ2v) is 18.4. The minimum Gasteiger partial charge on any atom is -0.310 e. The highest BCUT2D eigenvalue weighted by atomic mass is 15.1. The van der Waals surface area contributed by atoms with Gasteiger partial charge in [0.25, 0.3) is 0 Å². The molecule has 0 radical (unpaired) electrons. The van der Waals surface area contributed by atoms with Crippen LogP contribution in [0, 0.1) is 0 Å². The Kier molecular flexibility index (Phi) is 10.4. The SMILES string of the molecule is c1ccc(N(c2cccc(-c3cccc(-c4cccc(N(c5ccc6c(c5)C(c5ccccc5)(c5ccccc5)c5ccccc5-6)c5cccc6ccccc56)c4)c3)c2)c2cccc3ccccc23)cc1. The number of hydrogen-bond donors (Lipinski definition) is 0. The molecule has 0 N–H and O–H groups in total. The predicted molar refractivity (Wildman–Crippen MR) is 299 cm³/mol. The number of fused-ring (bicyclic) bond motifs is 5. The van der Waals surface area contributed by atoms with Crippen molar-refractivity contribution in [1.29, 1.82) is 0 Å². The maximum Gasteiger partial charge on any atom is 0.0714 e. The van der Waals surface area contributed by atoms with Gasteiger partial charge in [-0.2, -0.15) is 0 Å². The lowest BCUT2D eigenvalue weighted by atomic mass is 9.67. The summed E-state index contributed by atoms with van der Waals surface area (Å²) >= 11 is 0. The highest BCUT2D eigenvalue weighted by Gasteiger charge is 2.46. The number of rotatable bonds is 10. The van der Waals surface area contributed by atoms with Gasteiger partial charge in [-0.1, -0.05) is 224 Å². The van der Waals surface area contributed by atoms with Gasteiger partial charge in [0.2, 0.25) is 0 Å². The Balaban J connectivity index is 0.948. The first-order valence-corrected chi connectivity index (χ1v) is 24.5. The maximum absolute atomic E-state index is 2.47. The smallest absolute Gasteiger partial charge is 0.0714 e. The van der Waals surface area contributed by atoms with E-state index in [0.717, 1.165) is 56.4 Å². The molecule has 1 aliphatic carbocycles. The van der Waals surface area contributed by atoms with Crippen molar-refractivity contribution in [3.05, 3.63) is 313 Å². The lowest BCUT2D eigenvalue weighted by molar-refractivity contribution is 0.768. The summed E-state index contributed by atoms with van der Waals surface area (Å²) in [7, 11) is 0. The van der Waals surface area contributed by atoms with Crippen LogP contribution in [0.3, 0.4) is 0 Å². The van der Waals surface area contributed by atoms with Gasteiger partial charge in [-0.15, -0.1) is 0 Å². The Labute approximate surface area is 415 Å². The number of para-hydroxylation sites is 1. The highest BCUT2D eigenvalue weighted by molar-refractivity contribution is 6.01. The molecule has 0 saturated carbocycles. The zero-order chi connectivity index (χ0) is 47.1. The van der Waals surface area contributed by atoms with Gasteiger partial charge < -0.3 is 9.80 Å². The molecule has 0 heterocycles. The third-order valence-electron chi connectivity index (χ3n) is 14.5. The van der Waals surface area contributed by atoms with Crippen molar-refractivity contribution in [2.45, 2.75) is 5.41 Å². The first-order valence-electron chi connectivity index (χ1n) is 24.5. The lowest BCUT2D eigenvalue weighted by Crippen LogP contribution is -2.28. The van der Waals surface area contributed by atoms with Gasteiger partial charge in [0.15, 0.2) is 0 Å². The van der Waals surface area contributed by atoms with Gasteiger partial charge in [0, 0.05) is 33.5 Å². The minimum absolute atomic E-state index is 0.526. The van der Waals surface area contributed by atoms with Crippen LogP contribution >= 0.6 is 0 Å². The summed E-state index contributed by atoms with van der Waals surface area (Å²) in [6.45, 7) is 0. The minimum atomic E-state index is -0.526. The van der Waals surface area contributed by atoms with Gasteiger partial charge in [-0.25, -0.2) is 0 Å². The molecule has 0 bridgehead atoms. The third kappa shape index (κ3) is 7.19. The van der Waals surface area contributed by atoms with Crippen LogP contribution in [0.25, 0.3) is 54.9 Å². The summed E-state index contributed by atoms with van der Waals surface area (Å²) in [6.07, 6.45) is 0. The normalized spacial score (nSPS) is 12.3. The average molecular weight is 905 g/mol. The average Bonchev–Trinajstić information content (AvgIpc) is 3.75. The van der Waals surface area contributed by atoms with Gasteiger partial charge in [0.1, 0.15) is 0 Å². The fraction of sp³-hybridized carbons (Fsp3) is 0.0145. The Hall–Kier alpha value is -9.24. The Morgan fingerprint density at radius 2 is 0.634 bits per heavy atom. The van der Waals surface area contributed by atoms with E-state index >= 15 is 0 Å². The standard InChI is InChI=1S/C69H48N2/c1-4-29-55(30-5-1)69(56-31-6-2-7-32-56)65-40-15-14-39-63(65)64-44-43-60(48-66(64)69)71(68-42-20-24-50-22-11-13-38-62(50)68)59-36-18-28-54(47-59)52-26-16-25-51(45-52)53-27-17-35-58(46-53)70(57-33-8-3-9-34-57)67-41-19-23-49-21-10-12-37-61(49)67/h1-48H. The molecule has 2 nitrogen and oxygen atoms in total. The van der Waals surface area contributed by atoms with Gasteiger partial charge in [0.05, 0.1) is 16.8 Å². The number of benzene rings is 12. The molecule has 0 unspecified atom stereocenters. The molecule has 71 heavy (non-hydrogen) atoms. The molecule has 0 spiro atoms. The number of nitrogens with zero attached hydrogens (tertiary/aromatic N) is 2. The summed E-state index contributed by atoms with van der Waals surface area (Å²) < 4.78 is 0. The summed E-state index contributed by atoms with van der Waals surface area (Å²) in [5, 5.41) is 4.81. The fourth-order valence-corrected chi connectivity index (χ4v) is 11.3. The van der Waals surface area contributed by atoms with Gasteiger partial charge in [-0.05, 0) is 133 Å². The van der Waals surface area contributed by atoms with Crippen molar-refractivity contribution in [2.24, 2.45) is 0 Å². The predicted octanol–water partition coefficient (Wildman–Crippen LogP) is 18.6. The third-order valence-corrected chi connectivity index (χ3v) is 14.5. The highest BCUT2D eigenvalue weighted by Crippen LogP contribution is 2.57. The molecule has 1 aliphatic rings. The van der Waals surface area contributed by atoms with Crippen molar-refractivity contribution in [3.63, 3.8) is 0 Å². The molecule has 0 saturated heterocycles. The van der Waals surface area contributed by atoms with E-state index in [0.29, 0.717) is 0 Å². The topological polar surface area (TPSA) is 6.48 Å². The van der Waals surface area contributed by atoms with Crippen molar-refractivity contribution in [3.8, 4) is 33.4 Å². The van der Waals surface area contributed by atoms with Crippen LogP contribution in [0.5, 0.6) is 0 Å². The van der Waals surface area contributed by atoms with Crippen LogP contribution in [-0.4, -0.2) is 0 Å². The van der Waals surface area contributed by atoms with E-state index in [-0.39, 0.29) is 0 Å². The molecule has 0 aliphatic heterocycles. The van der Waals surface area contributed by atoms with E-state index in [1.54, 1.807) is 0 Å². The zero-order valence-corrected chi connectivity index (χ0v) is 39.1. The largest absolute Gasteiger partial charge is 0.310 e. The van der Waals surface area contributed by atoms with Crippen LogP contribution in [0.4, 0.5) is 34.1 Å². The van der Waals surface area contributed by atoms with Crippen LogP contribution in [0.1, 0.15) is 22.3 Å². The first-order chi connectivity index (χ1) is 35.2. The monoisotopic (exact) mass is 904 g/mol. The first kappa shape index (κ1) is 41.9. The second kappa shape index (κ2) is 17.7. The summed E-state index contributed by atoms with van der Waals surface area (Å²) in [5.74, 6) is 0. The summed E-state index contributed by atoms with van der Waals surface area (Å²) in [6, 6.07) is 107. The quantitative estimate of drug-likeness (QED) is 0.135. The van der Waals surface area contributed by atoms with E-state index in [1.165, 1.54) is 54.9 Å². The summed E-state index contributed by atoms with van der Waals surface area (Å²) in [5.41, 5.74) is 18.3. The Morgan fingerprint density at radius 3 is 1.21 bits per heavy atom. The molecule has 12 aromatic rings. The Morgan fingerprint density at radius 1 is 0.239 bits per heavy atom. The van der Waals surface area contributed by atoms with E-state index in [1.807, 2.05) is 0 Å². The molecule has 0 atom stereocenters. The second-order valence-electron chi connectivity index (χ2n) is 18.4. The van der Waals surface area contributed by atoms with Crippen LogP contribution in [0.2, 0.25) is 0 Å². The lowest BCUT2D eigenvalue weighted by Gasteiger charge is -2.35. The molecule has 12 aromatic carbocycles. The molecule has 0 amide bonds. The molecule has 2 heteroatoms. The zero-order valence-electron chi connectivity index (χ0n) is 39.1. The van der Waals surface area contributed by atoms with Gasteiger partial charge >= 0.3 is 0 Å². The molecule has 334 valence electrons. The molecular weight excluding hydrogens is 857 g/mol. The van der Waals surface area contributed by atoms with E-state index in [4.69, 9.17) is 0 Å². The molecule has 0 fully saturated rings. The summed E-state index contributed by atoms with van der Waals surface area (Å²) in [4.78, 5) is 4.84. The Bertz CT molecular complexity index is 3850. The van der Waals surface area contributed by atoms with E-state index in [9.17, 15) is 0 Å². The number of hydrogen-bond acceptors (Lipinski definition) is 2.